The molecule has 0 radical (unpaired) electrons. The van der Waals surface area contributed by atoms with Crippen LogP contribution in [0.1, 0.15) is 69.2 Å². The Balaban J connectivity index is 1.32. The Morgan fingerprint density at radius 3 is 1.73 bits per heavy atom. The van der Waals surface area contributed by atoms with E-state index in [-0.39, 0.29) is 44.1 Å². The van der Waals surface area contributed by atoms with Crippen molar-refractivity contribution in [2.45, 2.75) is 39.0 Å². The summed E-state index contributed by atoms with van der Waals surface area (Å²) in [5.74, 6) is -1.75. The van der Waals surface area contributed by atoms with Crippen LogP contribution in [0.3, 0.4) is 0 Å². The van der Waals surface area contributed by atoms with Crippen LogP contribution in [0, 0.1) is 10.1 Å². The summed E-state index contributed by atoms with van der Waals surface area (Å²) in [5, 5.41) is 10.7. The molecule has 4 rings (SSSR count). The Morgan fingerprint density at radius 2 is 1.18 bits per heavy atom. The summed E-state index contributed by atoms with van der Waals surface area (Å²) in [6.45, 7) is 2.17. The number of nitro benzene ring substituents is 1. The standard InChI is InChI=1S/C33H27Cl2NO8/c1-2-3-4-5-6-21-7-9-22(10-8-21)31(37)43-25-15-17-27(28(34)19-25)33(39)42-24-13-11-23(12-14-24)32(38)44-26-16-18-30(36(40)41)29(35)20-26/h7-20H,2-6H2,1H3. The van der Waals surface area contributed by atoms with Crippen molar-refractivity contribution in [2.75, 3.05) is 0 Å². The normalized spacial score (nSPS) is 10.6. The molecule has 4 aromatic rings. The van der Waals surface area contributed by atoms with Crippen molar-refractivity contribution in [3.05, 3.63) is 127 Å². The largest absolute Gasteiger partial charge is 0.423 e. The van der Waals surface area contributed by atoms with E-state index in [1.54, 1.807) is 12.1 Å². The monoisotopic (exact) mass is 635 g/mol. The molecule has 9 nitrogen and oxygen atoms in total. The highest BCUT2D eigenvalue weighted by Gasteiger charge is 2.18. The second-order valence-corrected chi connectivity index (χ2v) is 10.5. The van der Waals surface area contributed by atoms with Gasteiger partial charge in [-0.2, -0.15) is 0 Å². The molecule has 0 saturated heterocycles. The van der Waals surface area contributed by atoms with Crippen LogP contribution in [0.5, 0.6) is 17.2 Å². The summed E-state index contributed by atoms with van der Waals surface area (Å²) >= 11 is 12.1. The zero-order valence-electron chi connectivity index (χ0n) is 23.6. The molecule has 226 valence electrons. The van der Waals surface area contributed by atoms with Gasteiger partial charge in [-0.05, 0) is 73.0 Å². The van der Waals surface area contributed by atoms with Crippen molar-refractivity contribution >= 4 is 46.8 Å². The molecule has 44 heavy (non-hydrogen) atoms. The van der Waals surface area contributed by atoms with E-state index in [1.807, 2.05) is 12.1 Å². The first-order valence-corrected chi connectivity index (χ1v) is 14.5. The van der Waals surface area contributed by atoms with Gasteiger partial charge in [0.25, 0.3) is 5.69 Å². The van der Waals surface area contributed by atoms with E-state index in [2.05, 4.69) is 6.92 Å². The quantitative estimate of drug-likeness (QED) is 0.0498. The lowest BCUT2D eigenvalue weighted by molar-refractivity contribution is -0.384. The van der Waals surface area contributed by atoms with Crippen LogP contribution in [0.4, 0.5) is 5.69 Å². The van der Waals surface area contributed by atoms with Gasteiger partial charge in [-0.15, -0.1) is 0 Å². The van der Waals surface area contributed by atoms with Crippen molar-refractivity contribution in [3.63, 3.8) is 0 Å². The number of hydrogen-bond acceptors (Lipinski definition) is 8. The van der Waals surface area contributed by atoms with Gasteiger partial charge in [0.05, 0.1) is 26.6 Å². The average molecular weight is 636 g/mol. The summed E-state index contributed by atoms with van der Waals surface area (Å²) in [7, 11) is 0. The Labute approximate surface area is 263 Å². The number of ether oxygens (including phenoxy) is 3. The van der Waals surface area contributed by atoms with Crippen molar-refractivity contribution in [3.8, 4) is 17.2 Å². The number of carbonyl (C=O) groups excluding carboxylic acids is 3. The summed E-state index contributed by atoms with van der Waals surface area (Å²) in [5.41, 5.74) is 1.40. The fraction of sp³-hybridized carbons (Fsp3) is 0.182. The fourth-order valence-electron chi connectivity index (χ4n) is 4.14. The predicted octanol–water partition coefficient (Wildman–Crippen LogP) is 8.68. The first-order chi connectivity index (χ1) is 21.1. The predicted molar refractivity (Wildman–Crippen MR) is 165 cm³/mol. The first kappa shape index (κ1) is 32.2. The molecular weight excluding hydrogens is 609 g/mol. The fourth-order valence-corrected chi connectivity index (χ4v) is 4.63. The maximum Gasteiger partial charge on any atom is 0.345 e. The van der Waals surface area contributed by atoms with Gasteiger partial charge in [-0.25, -0.2) is 14.4 Å². The molecular formula is C33H27Cl2NO8. The number of nitrogens with zero attached hydrogens (tertiary/aromatic N) is 1. The van der Waals surface area contributed by atoms with Gasteiger partial charge >= 0.3 is 17.9 Å². The molecule has 0 aromatic heterocycles. The van der Waals surface area contributed by atoms with Gasteiger partial charge in [-0.3, -0.25) is 10.1 Å². The van der Waals surface area contributed by atoms with Crippen LogP contribution in [-0.4, -0.2) is 22.8 Å². The lowest BCUT2D eigenvalue weighted by Crippen LogP contribution is -2.11. The van der Waals surface area contributed by atoms with E-state index in [0.29, 0.717) is 5.56 Å². The van der Waals surface area contributed by atoms with E-state index in [9.17, 15) is 24.5 Å². The summed E-state index contributed by atoms with van der Waals surface area (Å²) < 4.78 is 16.0. The molecule has 4 aromatic carbocycles. The first-order valence-electron chi connectivity index (χ1n) is 13.7. The highest BCUT2D eigenvalue weighted by Crippen LogP contribution is 2.29. The molecule has 0 spiro atoms. The van der Waals surface area contributed by atoms with E-state index in [1.165, 1.54) is 67.8 Å². The number of benzene rings is 4. The number of rotatable bonds is 12. The molecule has 0 bridgehead atoms. The molecule has 11 heteroatoms. The maximum absolute atomic E-state index is 12.7. The lowest BCUT2D eigenvalue weighted by atomic mass is 10.0. The third kappa shape index (κ3) is 8.65. The van der Waals surface area contributed by atoms with Gasteiger partial charge < -0.3 is 14.2 Å². The molecule has 0 heterocycles. The molecule has 0 aliphatic heterocycles. The minimum atomic E-state index is -0.766. The smallest absolute Gasteiger partial charge is 0.345 e. The average Bonchev–Trinajstić information content (AvgIpc) is 3.00. The summed E-state index contributed by atoms with van der Waals surface area (Å²) in [6, 6.07) is 20.5. The molecule has 0 amide bonds. The maximum atomic E-state index is 12.7. The topological polar surface area (TPSA) is 122 Å². The number of halogens is 2. The molecule has 0 aliphatic carbocycles. The Bertz CT molecular complexity index is 1670. The molecule has 0 unspecified atom stereocenters. The molecule has 0 atom stereocenters. The van der Waals surface area contributed by atoms with Crippen molar-refractivity contribution < 1.29 is 33.5 Å². The van der Waals surface area contributed by atoms with Crippen LogP contribution in [-0.2, 0) is 6.42 Å². The Hall–Kier alpha value is -4.73. The molecule has 0 saturated carbocycles. The number of carbonyl (C=O) groups is 3. The van der Waals surface area contributed by atoms with E-state index >= 15 is 0 Å². The van der Waals surface area contributed by atoms with Crippen molar-refractivity contribution in [1.29, 1.82) is 0 Å². The minimum Gasteiger partial charge on any atom is -0.423 e. The van der Waals surface area contributed by atoms with Gasteiger partial charge in [0.15, 0.2) is 0 Å². The van der Waals surface area contributed by atoms with Crippen LogP contribution in [0.25, 0.3) is 0 Å². The third-order valence-corrected chi connectivity index (χ3v) is 7.12. The number of hydrogen-bond donors (Lipinski definition) is 0. The van der Waals surface area contributed by atoms with E-state index in [0.717, 1.165) is 30.5 Å². The Morgan fingerprint density at radius 1 is 0.659 bits per heavy atom. The highest BCUT2D eigenvalue weighted by molar-refractivity contribution is 6.34. The van der Waals surface area contributed by atoms with Gasteiger partial charge in [0.2, 0.25) is 0 Å². The van der Waals surface area contributed by atoms with Crippen molar-refractivity contribution in [2.24, 2.45) is 0 Å². The molecule has 0 N–H and O–H groups in total. The van der Waals surface area contributed by atoms with Crippen LogP contribution >= 0.6 is 23.2 Å². The second-order valence-electron chi connectivity index (χ2n) is 9.71. The van der Waals surface area contributed by atoms with Gasteiger partial charge in [0, 0.05) is 18.2 Å². The number of unbranched alkanes of at least 4 members (excludes halogenated alkanes) is 3. The lowest BCUT2D eigenvalue weighted by Gasteiger charge is -2.09. The van der Waals surface area contributed by atoms with Crippen molar-refractivity contribution in [1.82, 2.24) is 0 Å². The van der Waals surface area contributed by atoms with Gasteiger partial charge in [0.1, 0.15) is 22.3 Å². The van der Waals surface area contributed by atoms with E-state index < -0.39 is 22.8 Å². The van der Waals surface area contributed by atoms with Crippen LogP contribution < -0.4 is 14.2 Å². The summed E-state index contributed by atoms with van der Waals surface area (Å²) in [4.78, 5) is 48.0. The molecule has 0 aliphatic rings. The zero-order valence-corrected chi connectivity index (χ0v) is 25.1. The highest BCUT2D eigenvalue weighted by atomic mass is 35.5. The minimum absolute atomic E-state index is 0.0182. The summed E-state index contributed by atoms with van der Waals surface area (Å²) in [6.07, 6.45) is 5.63. The number of aryl methyl sites for hydroxylation is 1. The van der Waals surface area contributed by atoms with Gasteiger partial charge in [-0.1, -0.05) is 61.5 Å². The Kier molecular flexibility index (Phi) is 11.1. The van der Waals surface area contributed by atoms with E-state index in [4.69, 9.17) is 37.4 Å². The second kappa shape index (κ2) is 15.1. The molecule has 0 fully saturated rings. The number of nitro groups is 1. The van der Waals surface area contributed by atoms with Crippen LogP contribution in [0.15, 0.2) is 84.9 Å². The third-order valence-electron chi connectivity index (χ3n) is 6.51. The number of esters is 3. The zero-order chi connectivity index (χ0) is 31.6. The van der Waals surface area contributed by atoms with Crippen LogP contribution in [0.2, 0.25) is 10.0 Å². The SMILES string of the molecule is CCCCCCc1ccc(C(=O)Oc2ccc(C(=O)Oc3ccc(C(=O)Oc4ccc([N+](=O)[O-])c(Cl)c4)cc3)c(Cl)c2)cc1.